The van der Waals surface area contributed by atoms with Crippen molar-refractivity contribution in [2.24, 2.45) is 0 Å². The van der Waals surface area contributed by atoms with Gasteiger partial charge in [0.1, 0.15) is 0 Å². The molecule has 1 radical (unpaired) electrons. The van der Waals surface area contributed by atoms with Crippen molar-refractivity contribution in [3.63, 3.8) is 0 Å². The molecular weight excluding hydrogens is 335 g/mol. The molecule has 0 nitrogen and oxygen atoms in total. The van der Waals surface area contributed by atoms with Crippen molar-refractivity contribution in [1.29, 1.82) is 0 Å². The molecule has 0 heterocycles. The third-order valence-electron chi connectivity index (χ3n) is 0. The summed E-state index contributed by atoms with van der Waals surface area (Å²) >= 11 is 0. The molecule has 0 aromatic rings. The number of rotatable bonds is 0. The monoisotopic (exact) mass is 345 g/mol. The number of hydrogen-bond donors (Lipinski definition) is 0. The molecule has 0 aromatic carbocycles. The van der Waals surface area contributed by atoms with Gasteiger partial charge < -0.3 is 17.0 Å². The van der Waals surface area contributed by atoms with Crippen molar-refractivity contribution in [2.45, 2.75) is 14.9 Å². The maximum atomic E-state index is 4.49. The Kier molecular flexibility index (Phi) is 496. The van der Waals surface area contributed by atoms with E-state index in [1.807, 2.05) is 5.92 Å². The van der Waals surface area contributed by atoms with Gasteiger partial charge in [-0.2, -0.15) is 0 Å². The fourth-order valence-electron chi connectivity index (χ4n) is 0. The summed E-state index contributed by atoms with van der Waals surface area (Å²) in [4.78, 5) is 0. The third kappa shape index (κ3) is 284. The predicted octanol–water partition coefficient (Wildman–Crippen LogP) is -1.27. The number of terminal acetylenes is 1. The average Bonchev–Trinajstić information content (AvgIpc) is 0.918. The standard InChI is InChI=1S/C3H3.2CH4.BrH.Pt/c1-3-2;;;;/h1H,2H2;2*1H4;1H;/p-1. The molecular formula is C5H11BrPt-. The molecule has 0 amide bonds. The number of hydrogen-bond acceptors (Lipinski definition) is 0. The van der Waals surface area contributed by atoms with Crippen LogP contribution in [0.2, 0.25) is 0 Å². The summed E-state index contributed by atoms with van der Waals surface area (Å²) in [5.74, 6) is 2.00. The molecule has 0 rings (SSSR count). The zero-order valence-electron chi connectivity index (χ0n) is 2.48. The largest absolute Gasteiger partial charge is 1.00 e. The Labute approximate surface area is 72.1 Å². The van der Waals surface area contributed by atoms with Gasteiger partial charge >= 0.3 is 0 Å². The maximum Gasteiger partial charge on any atom is 0.0196 e. The van der Waals surface area contributed by atoms with Crippen molar-refractivity contribution < 1.29 is 38.0 Å². The zero-order chi connectivity index (χ0) is 2.71. The van der Waals surface area contributed by atoms with Gasteiger partial charge in [-0.15, -0.1) is 12.3 Å². The maximum absolute atomic E-state index is 4.49. The molecule has 0 aliphatic rings. The van der Waals surface area contributed by atoms with E-state index in [-0.39, 0.29) is 52.9 Å². The van der Waals surface area contributed by atoms with E-state index in [0.29, 0.717) is 0 Å². The fraction of sp³-hybridized carbons (Fsp3) is 0.400. The Morgan fingerprint density at radius 3 is 1.29 bits per heavy atom. The Bertz CT molecular complexity index is 29.6. The van der Waals surface area contributed by atoms with Crippen LogP contribution in [-0.4, -0.2) is 0 Å². The zero-order valence-corrected chi connectivity index (χ0v) is 6.34. The van der Waals surface area contributed by atoms with Crippen LogP contribution in [-0.2, 0) is 21.1 Å². The summed E-state index contributed by atoms with van der Waals surface area (Å²) in [7, 11) is 0. The van der Waals surface area contributed by atoms with Crippen LogP contribution >= 0.6 is 0 Å². The van der Waals surface area contributed by atoms with E-state index in [0.717, 1.165) is 0 Å². The van der Waals surface area contributed by atoms with Crippen LogP contribution in [0.15, 0.2) is 0 Å². The Morgan fingerprint density at radius 2 is 1.29 bits per heavy atom. The Morgan fingerprint density at radius 1 is 1.29 bits per heavy atom. The predicted molar refractivity (Wildman–Crippen MR) is 27.7 cm³/mol. The van der Waals surface area contributed by atoms with Gasteiger partial charge in [-0.3, -0.25) is 0 Å². The Hall–Kier alpha value is 0.728. The molecule has 0 saturated carbocycles. The van der Waals surface area contributed by atoms with Crippen LogP contribution in [0.5, 0.6) is 0 Å². The summed E-state index contributed by atoms with van der Waals surface area (Å²) in [5, 5.41) is 0. The molecule has 0 fully saturated rings. The van der Waals surface area contributed by atoms with Gasteiger partial charge in [0.2, 0.25) is 0 Å². The van der Waals surface area contributed by atoms with Crippen LogP contribution in [0.4, 0.5) is 0 Å². The van der Waals surface area contributed by atoms with Crippen LogP contribution in [0.25, 0.3) is 0 Å². The molecule has 0 bridgehead atoms. The van der Waals surface area contributed by atoms with E-state index < -0.39 is 0 Å². The molecule has 49 valence electrons. The molecule has 0 saturated heterocycles. The Balaban J connectivity index is -0.00000000333. The smallest absolute Gasteiger partial charge is 0.0196 e. The van der Waals surface area contributed by atoms with Crippen LogP contribution < -0.4 is 17.0 Å². The second-order valence-electron chi connectivity index (χ2n) is 0.204. The summed E-state index contributed by atoms with van der Waals surface area (Å²) < 4.78 is 0. The van der Waals surface area contributed by atoms with E-state index in [4.69, 9.17) is 0 Å². The quantitative estimate of drug-likeness (QED) is 0.480. The third-order valence-corrected chi connectivity index (χ3v) is 0. The van der Waals surface area contributed by atoms with Gasteiger partial charge in [0.05, 0.1) is 0 Å². The minimum atomic E-state index is 0. The van der Waals surface area contributed by atoms with Gasteiger partial charge in [-0.25, -0.2) is 0 Å². The van der Waals surface area contributed by atoms with E-state index in [2.05, 4.69) is 13.3 Å². The molecule has 0 aliphatic carbocycles. The normalized spacial score (nSPS) is 1.14. The van der Waals surface area contributed by atoms with E-state index in [1.54, 1.807) is 0 Å². The fourth-order valence-corrected chi connectivity index (χ4v) is 0. The van der Waals surface area contributed by atoms with Crippen molar-refractivity contribution in [3.05, 3.63) is 6.92 Å². The molecule has 0 spiro atoms. The van der Waals surface area contributed by atoms with Gasteiger partial charge in [0, 0.05) is 28.0 Å². The van der Waals surface area contributed by atoms with Crippen LogP contribution in [0, 0.1) is 19.3 Å². The SMILES string of the molecule is C.C.C#C[CH2].[Br-].[Pt]. The first-order valence-corrected chi connectivity index (χ1v) is 0.642. The topological polar surface area (TPSA) is 0 Å². The average molecular weight is 346 g/mol. The minimum absolute atomic E-state index is 0. The van der Waals surface area contributed by atoms with Gasteiger partial charge in [0.15, 0.2) is 0 Å². The van der Waals surface area contributed by atoms with E-state index in [9.17, 15) is 0 Å². The second-order valence-corrected chi connectivity index (χ2v) is 0.204. The molecule has 0 N–H and O–H groups in total. The van der Waals surface area contributed by atoms with E-state index in [1.165, 1.54) is 0 Å². The first-order valence-electron chi connectivity index (χ1n) is 0.642. The molecule has 0 unspecified atom stereocenters. The first-order chi connectivity index (χ1) is 1.41. The van der Waals surface area contributed by atoms with Gasteiger partial charge in [-0.1, -0.05) is 14.9 Å². The number of halogens is 1. The molecule has 0 atom stereocenters. The summed E-state index contributed by atoms with van der Waals surface area (Å²) in [5.41, 5.74) is 0. The molecule has 2 heteroatoms. The minimum Gasteiger partial charge on any atom is -1.00 e. The van der Waals surface area contributed by atoms with Crippen molar-refractivity contribution in [2.75, 3.05) is 0 Å². The summed E-state index contributed by atoms with van der Waals surface area (Å²) in [6, 6.07) is 0. The summed E-state index contributed by atoms with van der Waals surface area (Å²) in [6.45, 7) is 3.01. The van der Waals surface area contributed by atoms with Gasteiger partial charge in [0.25, 0.3) is 0 Å². The van der Waals surface area contributed by atoms with Crippen LogP contribution in [0.1, 0.15) is 14.9 Å². The second kappa shape index (κ2) is 73.9. The van der Waals surface area contributed by atoms with Crippen molar-refractivity contribution in [1.82, 2.24) is 0 Å². The van der Waals surface area contributed by atoms with Gasteiger partial charge in [-0.05, 0) is 0 Å². The van der Waals surface area contributed by atoms with E-state index >= 15 is 0 Å². The van der Waals surface area contributed by atoms with Crippen molar-refractivity contribution in [3.8, 4) is 12.3 Å². The van der Waals surface area contributed by atoms with Crippen LogP contribution in [0.3, 0.4) is 0 Å². The molecule has 7 heavy (non-hydrogen) atoms. The summed E-state index contributed by atoms with van der Waals surface area (Å²) in [6.07, 6.45) is 4.49. The molecule has 0 aromatic heterocycles. The first kappa shape index (κ1) is 47.0. The van der Waals surface area contributed by atoms with Crippen molar-refractivity contribution >= 4 is 0 Å². The molecule has 0 aliphatic heterocycles.